The second-order valence-corrected chi connectivity index (χ2v) is 7.92. The van der Waals surface area contributed by atoms with Crippen LogP contribution in [0.1, 0.15) is 36.5 Å². The Labute approximate surface area is 152 Å². The van der Waals surface area contributed by atoms with Crippen LogP contribution in [0.15, 0.2) is 53.4 Å². The topological polar surface area (TPSA) is 83.6 Å². The van der Waals surface area contributed by atoms with Crippen LogP contribution in [0.4, 0.5) is 11.4 Å². The Morgan fingerprint density at radius 3 is 2.58 bits per heavy atom. The molecule has 1 aliphatic rings. The zero-order valence-electron chi connectivity index (χ0n) is 14.4. The molecule has 0 saturated carbocycles. The maximum absolute atomic E-state index is 12.6. The second-order valence-electron chi connectivity index (χ2n) is 6.24. The predicted molar refractivity (Wildman–Crippen MR) is 99.9 cm³/mol. The molecule has 2 aromatic carbocycles. The fourth-order valence-corrected chi connectivity index (χ4v) is 4.01. The molecular weight excluding hydrogens is 352 g/mol. The fraction of sp³-hybridized carbons (Fsp3) is 0.263. The van der Waals surface area contributed by atoms with Crippen molar-refractivity contribution in [2.45, 2.75) is 31.1 Å². The first-order valence-corrected chi connectivity index (χ1v) is 9.89. The molecule has 1 heterocycles. The van der Waals surface area contributed by atoms with Crippen LogP contribution >= 0.6 is 0 Å². The van der Waals surface area contributed by atoms with E-state index in [1.165, 1.54) is 25.1 Å². The standard InChI is InChI=1S/C19H20N2O4S/c1-14(22)15-6-4-9-18(12-15)26(24,25)20-16-7-5-8-17(13-16)21-11-3-2-10-19(21)23/h4-9,12-13,20H,2-3,10-11H2,1H3. The molecule has 0 aromatic heterocycles. The third-order valence-corrected chi connectivity index (χ3v) is 5.66. The maximum Gasteiger partial charge on any atom is 0.261 e. The summed E-state index contributed by atoms with van der Waals surface area (Å²) in [7, 11) is -3.84. The molecule has 0 aliphatic carbocycles. The summed E-state index contributed by atoms with van der Waals surface area (Å²) >= 11 is 0. The second kappa shape index (κ2) is 7.29. The first-order chi connectivity index (χ1) is 12.4. The van der Waals surface area contributed by atoms with Gasteiger partial charge in [0.15, 0.2) is 5.78 Å². The Morgan fingerprint density at radius 2 is 1.85 bits per heavy atom. The number of hydrogen-bond donors (Lipinski definition) is 1. The largest absolute Gasteiger partial charge is 0.312 e. The van der Waals surface area contributed by atoms with E-state index in [-0.39, 0.29) is 16.6 Å². The van der Waals surface area contributed by atoms with Gasteiger partial charge in [-0.3, -0.25) is 14.3 Å². The number of nitrogens with one attached hydrogen (secondary N) is 1. The molecule has 1 aliphatic heterocycles. The van der Waals surface area contributed by atoms with Crippen molar-refractivity contribution >= 4 is 33.1 Å². The average Bonchev–Trinajstić information content (AvgIpc) is 2.62. The number of nitrogens with zero attached hydrogens (tertiary/aromatic N) is 1. The van der Waals surface area contributed by atoms with Crippen LogP contribution in [-0.4, -0.2) is 26.7 Å². The average molecular weight is 372 g/mol. The molecule has 0 radical (unpaired) electrons. The van der Waals surface area contributed by atoms with Gasteiger partial charge in [0.2, 0.25) is 5.91 Å². The highest BCUT2D eigenvalue weighted by Crippen LogP contribution is 2.25. The van der Waals surface area contributed by atoms with Gasteiger partial charge in [-0.1, -0.05) is 18.2 Å². The van der Waals surface area contributed by atoms with E-state index in [9.17, 15) is 18.0 Å². The van der Waals surface area contributed by atoms with Crippen molar-refractivity contribution in [3.63, 3.8) is 0 Å². The summed E-state index contributed by atoms with van der Waals surface area (Å²) in [5.41, 5.74) is 1.38. The molecule has 2 aromatic rings. The lowest BCUT2D eigenvalue weighted by Gasteiger charge is -2.27. The zero-order chi connectivity index (χ0) is 18.7. The number of hydrogen-bond acceptors (Lipinski definition) is 4. The minimum Gasteiger partial charge on any atom is -0.312 e. The quantitative estimate of drug-likeness (QED) is 0.817. The van der Waals surface area contributed by atoms with Gasteiger partial charge in [-0.05, 0) is 50.1 Å². The van der Waals surface area contributed by atoms with Crippen molar-refractivity contribution in [1.82, 2.24) is 0 Å². The van der Waals surface area contributed by atoms with Crippen LogP contribution in [0.5, 0.6) is 0 Å². The van der Waals surface area contributed by atoms with Crippen molar-refractivity contribution in [3.8, 4) is 0 Å². The molecule has 1 amide bonds. The molecule has 0 spiro atoms. The van der Waals surface area contributed by atoms with Crippen LogP contribution in [0.25, 0.3) is 0 Å². The summed E-state index contributed by atoms with van der Waals surface area (Å²) < 4.78 is 27.8. The van der Waals surface area contributed by atoms with E-state index >= 15 is 0 Å². The number of carbonyl (C=O) groups is 2. The summed E-state index contributed by atoms with van der Waals surface area (Å²) in [6, 6.07) is 12.7. The first kappa shape index (κ1) is 18.1. The smallest absolute Gasteiger partial charge is 0.261 e. The van der Waals surface area contributed by atoms with Gasteiger partial charge in [0.1, 0.15) is 0 Å². The van der Waals surface area contributed by atoms with Crippen molar-refractivity contribution in [1.29, 1.82) is 0 Å². The number of benzene rings is 2. The van der Waals surface area contributed by atoms with E-state index in [4.69, 9.17) is 0 Å². The van der Waals surface area contributed by atoms with E-state index in [1.54, 1.807) is 35.2 Å². The number of sulfonamides is 1. The normalized spacial score (nSPS) is 15.0. The molecule has 7 heteroatoms. The highest BCUT2D eigenvalue weighted by Gasteiger charge is 2.21. The highest BCUT2D eigenvalue weighted by atomic mass is 32.2. The van der Waals surface area contributed by atoms with E-state index in [2.05, 4.69) is 4.72 Å². The highest BCUT2D eigenvalue weighted by molar-refractivity contribution is 7.92. The Bertz CT molecular complexity index is 954. The van der Waals surface area contributed by atoms with Crippen LogP contribution in [0, 0.1) is 0 Å². The third kappa shape index (κ3) is 3.94. The van der Waals surface area contributed by atoms with Crippen LogP contribution in [0.3, 0.4) is 0 Å². The number of ketones is 1. The Balaban J connectivity index is 1.86. The third-order valence-electron chi connectivity index (χ3n) is 4.28. The lowest BCUT2D eigenvalue weighted by molar-refractivity contribution is -0.119. The van der Waals surface area contributed by atoms with E-state index < -0.39 is 10.0 Å². The number of piperidine rings is 1. The fourth-order valence-electron chi connectivity index (χ4n) is 2.91. The van der Waals surface area contributed by atoms with E-state index in [0.717, 1.165) is 12.8 Å². The van der Waals surface area contributed by atoms with Gasteiger partial charge in [-0.15, -0.1) is 0 Å². The monoisotopic (exact) mass is 372 g/mol. The number of Topliss-reactive ketones (excluding diaryl/α,β-unsaturated/α-hetero) is 1. The summed E-state index contributed by atoms with van der Waals surface area (Å²) in [6.45, 7) is 2.02. The molecule has 26 heavy (non-hydrogen) atoms. The lowest BCUT2D eigenvalue weighted by Crippen LogP contribution is -2.35. The SMILES string of the molecule is CC(=O)c1cccc(S(=O)(=O)Nc2cccc(N3CCCCC3=O)c2)c1. The van der Waals surface area contributed by atoms with Crippen molar-refractivity contribution < 1.29 is 18.0 Å². The zero-order valence-corrected chi connectivity index (χ0v) is 15.3. The number of rotatable bonds is 5. The summed E-state index contributed by atoms with van der Waals surface area (Å²) in [4.78, 5) is 25.2. The van der Waals surface area contributed by atoms with E-state index in [1.807, 2.05) is 0 Å². The number of amides is 1. The molecule has 1 saturated heterocycles. The minimum atomic E-state index is -3.84. The molecule has 1 fully saturated rings. The number of carbonyl (C=O) groups excluding carboxylic acids is 2. The molecule has 0 bridgehead atoms. The molecule has 6 nitrogen and oxygen atoms in total. The van der Waals surface area contributed by atoms with Gasteiger partial charge in [0.05, 0.1) is 10.6 Å². The van der Waals surface area contributed by atoms with Gasteiger partial charge >= 0.3 is 0 Å². The number of anilines is 2. The molecule has 136 valence electrons. The Morgan fingerprint density at radius 1 is 1.08 bits per heavy atom. The van der Waals surface area contributed by atoms with Crippen molar-refractivity contribution in [2.75, 3.05) is 16.2 Å². The van der Waals surface area contributed by atoms with Crippen LogP contribution in [-0.2, 0) is 14.8 Å². The molecular formula is C19H20N2O4S. The van der Waals surface area contributed by atoms with Crippen molar-refractivity contribution in [3.05, 3.63) is 54.1 Å². The van der Waals surface area contributed by atoms with Crippen molar-refractivity contribution in [2.24, 2.45) is 0 Å². The Hall–Kier alpha value is -2.67. The summed E-state index contributed by atoms with van der Waals surface area (Å²) in [5, 5.41) is 0. The van der Waals surface area contributed by atoms with Gasteiger partial charge in [0.25, 0.3) is 10.0 Å². The maximum atomic E-state index is 12.6. The van der Waals surface area contributed by atoms with Gasteiger partial charge in [-0.2, -0.15) is 0 Å². The van der Waals surface area contributed by atoms with E-state index in [0.29, 0.717) is 29.9 Å². The van der Waals surface area contributed by atoms with Gasteiger partial charge in [-0.25, -0.2) is 8.42 Å². The first-order valence-electron chi connectivity index (χ1n) is 8.41. The molecule has 0 unspecified atom stereocenters. The minimum absolute atomic E-state index is 0.0182. The Kier molecular flexibility index (Phi) is 5.08. The van der Waals surface area contributed by atoms with Gasteiger partial charge in [0, 0.05) is 24.2 Å². The molecule has 0 atom stereocenters. The molecule has 3 rings (SSSR count). The summed E-state index contributed by atoms with van der Waals surface area (Å²) in [5.74, 6) is -0.155. The predicted octanol–water partition coefficient (Wildman–Crippen LogP) is 3.21. The summed E-state index contributed by atoms with van der Waals surface area (Å²) in [6.07, 6.45) is 2.32. The molecule has 1 N–H and O–H groups in total. The van der Waals surface area contributed by atoms with Crippen LogP contribution < -0.4 is 9.62 Å². The lowest BCUT2D eigenvalue weighted by atomic mass is 10.1. The van der Waals surface area contributed by atoms with Gasteiger partial charge < -0.3 is 4.90 Å². The van der Waals surface area contributed by atoms with Crippen LogP contribution in [0.2, 0.25) is 0 Å².